The van der Waals surface area contributed by atoms with Gasteiger partial charge in [-0.1, -0.05) is 43.5 Å². The van der Waals surface area contributed by atoms with Crippen molar-refractivity contribution in [1.82, 2.24) is 9.88 Å². The third-order valence-electron chi connectivity index (χ3n) is 9.11. The number of pyridine rings is 1. The lowest BCUT2D eigenvalue weighted by Gasteiger charge is -2.31. The maximum Gasteiger partial charge on any atom is 0.234 e. The van der Waals surface area contributed by atoms with Gasteiger partial charge in [0.05, 0.1) is 36.8 Å². The maximum absolute atomic E-state index is 13.7. The number of imide groups is 1. The number of allylic oxidation sites excluding steroid dienone is 1. The second-order valence-corrected chi connectivity index (χ2v) is 11.3. The van der Waals surface area contributed by atoms with Crippen molar-refractivity contribution in [2.24, 2.45) is 17.8 Å². The first-order valence-electron chi connectivity index (χ1n) is 14.3. The standard InChI is InChI=1S/C32H36N2O5/c35-18-22-17-24-30(32(38)34(31(24)37)23-9-2-1-3-10-23)25-19-39-28(29(22)25)14-13-20(26-11-6-7-15-33-26)16-21-8-4-5-12-27(21)36/h4-8,11-12,15-16,23-25,28,30,35-36H,1-3,9-10,13-14,17-19H2/b20-16-/t24-,25+,28-,30-/m1/s1. The molecule has 3 fully saturated rings. The highest BCUT2D eigenvalue weighted by molar-refractivity contribution is 6.06. The van der Waals surface area contributed by atoms with Crippen LogP contribution in [0.1, 0.15) is 62.6 Å². The predicted octanol–water partition coefficient (Wildman–Crippen LogP) is 4.75. The van der Waals surface area contributed by atoms with Gasteiger partial charge in [-0.05, 0) is 73.1 Å². The Morgan fingerprint density at radius 3 is 2.56 bits per heavy atom. The summed E-state index contributed by atoms with van der Waals surface area (Å²) in [7, 11) is 0. The Morgan fingerprint density at radius 1 is 1.03 bits per heavy atom. The van der Waals surface area contributed by atoms with Gasteiger partial charge in [-0.3, -0.25) is 19.5 Å². The molecule has 1 saturated carbocycles. The van der Waals surface area contributed by atoms with Crippen molar-refractivity contribution >= 4 is 23.5 Å². The highest BCUT2D eigenvalue weighted by Crippen LogP contribution is 2.50. The molecule has 7 nitrogen and oxygen atoms in total. The summed E-state index contributed by atoms with van der Waals surface area (Å²) in [6, 6.07) is 13.0. The molecule has 1 aromatic heterocycles. The number of aromatic nitrogens is 1. The SMILES string of the molecule is O=C1[C@@H]2[C@@H](CC(CO)=C3[C@@H](CC/C(=C/c4ccccc4O)c4ccccn4)OC[C@@H]32)C(=O)N1C1CCCCC1. The number of benzene rings is 1. The molecule has 39 heavy (non-hydrogen) atoms. The highest BCUT2D eigenvalue weighted by atomic mass is 16.5. The normalized spacial score (nSPS) is 27.7. The van der Waals surface area contributed by atoms with E-state index in [0.29, 0.717) is 25.9 Å². The largest absolute Gasteiger partial charge is 0.507 e. The number of fused-ring (bicyclic) bond motifs is 3. The van der Waals surface area contributed by atoms with Crippen molar-refractivity contribution in [1.29, 1.82) is 0 Å². The number of nitrogens with zero attached hydrogens (tertiary/aromatic N) is 2. The summed E-state index contributed by atoms with van der Waals surface area (Å²) >= 11 is 0. The molecule has 2 saturated heterocycles. The van der Waals surface area contributed by atoms with E-state index >= 15 is 0 Å². The van der Waals surface area contributed by atoms with Gasteiger partial charge in [0.25, 0.3) is 0 Å². The van der Waals surface area contributed by atoms with Crippen LogP contribution in [-0.2, 0) is 14.3 Å². The summed E-state index contributed by atoms with van der Waals surface area (Å²) in [6.45, 7) is 0.269. The smallest absolute Gasteiger partial charge is 0.234 e. The van der Waals surface area contributed by atoms with Crippen LogP contribution in [0.15, 0.2) is 59.8 Å². The first kappa shape index (κ1) is 26.0. The summed E-state index contributed by atoms with van der Waals surface area (Å²) in [5.74, 6) is -0.813. The number of ether oxygens (including phenoxy) is 1. The number of para-hydroxylation sites is 1. The van der Waals surface area contributed by atoms with Crippen molar-refractivity contribution in [2.75, 3.05) is 13.2 Å². The van der Waals surface area contributed by atoms with E-state index in [4.69, 9.17) is 4.74 Å². The van der Waals surface area contributed by atoms with Gasteiger partial charge in [0.2, 0.25) is 11.8 Å². The molecule has 2 aliphatic heterocycles. The van der Waals surface area contributed by atoms with E-state index in [2.05, 4.69) is 4.98 Å². The van der Waals surface area contributed by atoms with Gasteiger partial charge in [0.1, 0.15) is 5.75 Å². The molecule has 0 spiro atoms. The van der Waals surface area contributed by atoms with Gasteiger partial charge in [-0.25, -0.2) is 0 Å². The molecule has 1 aromatic carbocycles. The van der Waals surface area contributed by atoms with E-state index in [9.17, 15) is 19.8 Å². The Labute approximate surface area is 229 Å². The fourth-order valence-corrected chi connectivity index (χ4v) is 7.25. The lowest BCUT2D eigenvalue weighted by atomic mass is 9.69. The van der Waals surface area contributed by atoms with E-state index in [-0.39, 0.29) is 54.1 Å². The van der Waals surface area contributed by atoms with Crippen LogP contribution in [0.4, 0.5) is 0 Å². The van der Waals surface area contributed by atoms with E-state index in [1.165, 1.54) is 0 Å². The number of likely N-dealkylation sites (tertiary alicyclic amines) is 1. The van der Waals surface area contributed by atoms with E-state index in [1.807, 2.05) is 36.4 Å². The molecule has 4 atom stereocenters. The average Bonchev–Trinajstić information content (AvgIpc) is 3.50. The van der Waals surface area contributed by atoms with E-state index in [0.717, 1.165) is 60.1 Å². The number of aromatic hydroxyl groups is 1. The molecule has 2 amide bonds. The molecule has 2 aromatic rings. The number of aliphatic hydroxyl groups excluding tert-OH is 1. The van der Waals surface area contributed by atoms with Gasteiger partial charge in [0.15, 0.2) is 0 Å². The maximum atomic E-state index is 13.7. The number of rotatable bonds is 7. The van der Waals surface area contributed by atoms with Crippen molar-refractivity contribution in [3.8, 4) is 5.75 Å². The summed E-state index contributed by atoms with van der Waals surface area (Å²) in [4.78, 5) is 33.3. The van der Waals surface area contributed by atoms with Gasteiger partial charge in [-0.2, -0.15) is 0 Å². The zero-order chi connectivity index (χ0) is 26.9. The van der Waals surface area contributed by atoms with E-state index < -0.39 is 0 Å². The minimum absolute atomic E-state index is 0.0176. The molecule has 2 N–H and O–H groups in total. The topological polar surface area (TPSA) is 100.0 Å². The Morgan fingerprint density at radius 2 is 1.82 bits per heavy atom. The summed E-state index contributed by atoms with van der Waals surface area (Å²) in [5, 5.41) is 20.7. The number of phenolic OH excluding ortho intramolecular Hbond substituents is 1. The van der Waals surface area contributed by atoms with E-state index in [1.54, 1.807) is 23.2 Å². The summed E-state index contributed by atoms with van der Waals surface area (Å²) in [5.41, 5.74) is 4.40. The number of carbonyl (C=O) groups excluding carboxylic acids is 2. The number of carbonyl (C=O) groups is 2. The molecule has 6 rings (SSSR count). The predicted molar refractivity (Wildman–Crippen MR) is 147 cm³/mol. The quantitative estimate of drug-likeness (QED) is 0.398. The minimum Gasteiger partial charge on any atom is -0.507 e. The lowest BCUT2D eigenvalue weighted by molar-refractivity contribution is -0.143. The third kappa shape index (κ3) is 4.83. The number of hydrogen-bond donors (Lipinski definition) is 2. The number of aliphatic hydroxyl groups is 1. The Hall–Kier alpha value is -3.29. The molecule has 3 heterocycles. The second kappa shape index (κ2) is 11.1. The monoisotopic (exact) mass is 528 g/mol. The minimum atomic E-state index is -0.387. The zero-order valence-corrected chi connectivity index (χ0v) is 22.2. The van der Waals surface area contributed by atoms with Crippen LogP contribution in [0.3, 0.4) is 0 Å². The van der Waals surface area contributed by atoms with Crippen molar-refractivity contribution in [2.45, 2.75) is 63.5 Å². The van der Waals surface area contributed by atoms with Gasteiger partial charge < -0.3 is 14.9 Å². The molecular weight excluding hydrogens is 492 g/mol. The van der Waals surface area contributed by atoms with Gasteiger partial charge >= 0.3 is 0 Å². The third-order valence-corrected chi connectivity index (χ3v) is 9.11. The molecular formula is C32H36N2O5. The van der Waals surface area contributed by atoms with Crippen LogP contribution < -0.4 is 0 Å². The van der Waals surface area contributed by atoms with Crippen LogP contribution in [0.5, 0.6) is 5.75 Å². The summed E-state index contributed by atoms with van der Waals surface area (Å²) < 4.78 is 6.32. The molecule has 4 aliphatic rings. The van der Waals surface area contributed by atoms with Crippen molar-refractivity contribution in [3.05, 3.63) is 71.1 Å². The average molecular weight is 529 g/mol. The summed E-state index contributed by atoms with van der Waals surface area (Å²) in [6.07, 6.45) is 10.3. The fourth-order valence-electron chi connectivity index (χ4n) is 7.25. The number of phenols is 1. The van der Waals surface area contributed by atoms with Crippen LogP contribution in [0.2, 0.25) is 0 Å². The highest BCUT2D eigenvalue weighted by Gasteiger charge is 2.58. The zero-order valence-electron chi connectivity index (χ0n) is 22.2. The molecule has 2 aliphatic carbocycles. The second-order valence-electron chi connectivity index (χ2n) is 11.3. The molecule has 0 bridgehead atoms. The molecule has 204 valence electrons. The van der Waals surface area contributed by atoms with Gasteiger partial charge in [-0.15, -0.1) is 0 Å². The molecule has 0 unspecified atom stereocenters. The first-order valence-corrected chi connectivity index (χ1v) is 14.3. The Kier molecular flexibility index (Phi) is 7.36. The number of hydrogen-bond acceptors (Lipinski definition) is 6. The fraction of sp³-hybridized carbons (Fsp3) is 0.469. The van der Waals surface area contributed by atoms with Crippen LogP contribution in [0, 0.1) is 17.8 Å². The Bertz CT molecular complexity index is 1300. The first-order chi connectivity index (χ1) is 19.1. The number of amides is 2. The van der Waals surface area contributed by atoms with Crippen LogP contribution in [0.25, 0.3) is 11.6 Å². The van der Waals surface area contributed by atoms with Crippen LogP contribution in [-0.4, -0.2) is 57.3 Å². The van der Waals surface area contributed by atoms with Crippen molar-refractivity contribution in [3.63, 3.8) is 0 Å². The Balaban J connectivity index is 1.25. The van der Waals surface area contributed by atoms with Gasteiger partial charge in [0, 0.05) is 23.7 Å². The molecule has 0 radical (unpaired) electrons. The molecule has 7 heteroatoms. The lowest BCUT2D eigenvalue weighted by Crippen LogP contribution is -2.42. The van der Waals surface area contributed by atoms with Crippen molar-refractivity contribution < 1.29 is 24.5 Å². The van der Waals surface area contributed by atoms with Crippen LogP contribution >= 0.6 is 0 Å².